The predicted molar refractivity (Wildman–Crippen MR) is 46.6 cm³/mol. The predicted octanol–water partition coefficient (Wildman–Crippen LogP) is 1.55. The maximum Gasteiger partial charge on any atom is 0.276 e. The number of hydrogen-bond donors (Lipinski definition) is 0. The van der Waals surface area contributed by atoms with Crippen LogP contribution in [0.1, 0.15) is 0 Å². The fourth-order valence-corrected chi connectivity index (χ4v) is 0.736. The number of hydrogen-bond acceptors (Lipinski definition) is 4. The van der Waals surface area contributed by atoms with Gasteiger partial charge in [-0.05, 0) is 0 Å². The molecule has 5 heteroatoms. The van der Waals surface area contributed by atoms with Gasteiger partial charge in [0.25, 0.3) is 5.69 Å². The van der Waals surface area contributed by atoms with Crippen LogP contribution in [0.5, 0.6) is 5.88 Å². The quantitative estimate of drug-likeness (QED) is 0.400. The first-order valence-electron chi connectivity index (χ1n) is 3.58. The van der Waals surface area contributed by atoms with Gasteiger partial charge in [-0.25, -0.2) is 4.98 Å². The summed E-state index contributed by atoms with van der Waals surface area (Å²) >= 11 is 0. The first-order chi connectivity index (χ1) is 6.24. The van der Waals surface area contributed by atoms with E-state index >= 15 is 0 Å². The Morgan fingerprint density at radius 3 is 3.15 bits per heavy atom. The molecule has 0 aliphatic rings. The van der Waals surface area contributed by atoms with Gasteiger partial charge >= 0.3 is 0 Å². The summed E-state index contributed by atoms with van der Waals surface area (Å²) < 4.78 is 5.01. The Hall–Kier alpha value is -1.91. The molecule has 0 atom stereocenters. The van der Waals surface area contributed by atoms with Crippen LogP contribution >= 0.6 is 0 Å². The largest absolute Gasteiger partial charge is 0.473 e. The molecule has 1 heterocycles. The molecule has 0 bridgehead atoms. The molecule has 0 saturated heterocycles. The summed E-state index contributed by atoms with van der Waals surface area (Å²) in [4.78, 5) is 13.6. The second kappa shape index (κ2) is 4.20. The van der Waals surface area contributed by atoms with E-state index in [1.165, 1.54) is 18.3 Å². The van der Waals surface area contributed by atoms with Crippen LogP contribution in [0.3, 0.4) is 0 Å². The molecule has 68 valence electrons. The third-order valence-corrected chi connectivity index (χ3v) is 1.28. The number of nitrogens with zero attached hydrogens (tertiary/aromatic N) is 2. The molecule has 0 aliphatic heterocycles. The second-order valence-corrected chi connectivity index (χ2v) is 2.21. The fraction of sp³-hybridized carbons (Fsp3) is 0.125. The summed E-state index contributed by atoms with van der Waals surface area (Å²) in [7, 11) is 0. The Labute approximate surface area is 74.8 Å². The van der Waals surface area contributed by atoms with Gasteiger partial charge < -0.3 is 4.74 Å². The molecule has 0 aliphatic carbocycles. The van der Waals surface area contributed by atoms with Crippen LogP contribution in [0, 0.1) is 10.1 Å². The van der Waals surface area contributed by atoms with Crippen molar-refractivity contribution in [2.24, 2.45) is 0 Å². The van der Waals surface area contributed by atoms with Gasteiger partial charge in [-0.15, -0.1) is 0 Å². The van der Waals surface area contributed by atoms with E-state index in [0.29, 0.717) is 0 Å². The van der Waals surface area contributed by atoms with Crippen molar-refractivity contribution in [3.8, 4) is 5.88 Å². The molecule has 1 rings (SSSR count). The molecule has 0 spiro atoms. The maximum absolute atomic E-state index is 10.3. The minimum absolute atomic E-state index is 0.0333. The molecule has 5 nitrogen and oxygen atoms in total. The number of nitro groups is 1. The molecular weight excluding hydrogens is 172 g/mol. The first kappa shape index (κ1) is 9.18. The average Bonchev–Trinajstić information content (AvgIpc) is 2.15. The van der Waals surface area contributed by atoms with Crippen LogP contribution < -0.4 is 4.74 Å². The number of aromatic nitrogens is 1. The molecule has 0 N–H and O–H groups in total. The summed E-state index contributed by atoms with van der Waals surface area (Å²) in [5, 5.41) is 10.3. The molecule has 0 amide bonds. The Bertz CT molecular complexity index is 325. The van der Waals surface area contributed by atoms with Crippen molar-refractivity contribution in [3.63, 3.8) is 0 Å². The van der Waals surface area contributed by atoms with Gasteiger partial charge in [0.15, 0.2) is 0 Å². The number of rotatable bonds is 4. The zero-order valence-electron chi connectivity index (χ0n) is 6.84. The lowest BCUT2D eigenvalue weighted by Gasteiger charge is -1.99. The number of pyridine rings is 1. The van der Waals surface area contributed by atoms with E-state index < -0.39 is 4.92 Å². The normalized spacial score (nSPS) is 9.23. The van der Waals surface area contributed by atoms with Gasteiger partial charge in [0, 0.05) is 12.3 Å². The van der Waals surface area contributed by atoms with E-state index in [-0.39, 0.29) is 18.2 Å². The lowest BCUT2D eigenvalue weighted by Crippen LogP contribution is -1.96. The molecule has 0 saturated carbocycles. The van der Waals surface area contributed by atoms with Gasteiger partial charge in [-0.1, -0.05) is 12.7 Å². The van der Waals surface area contributed by atoms with Crippen LogP contribution in [-0.2, 0) is 0 Å². The van der Waals surface area contributed by atoms with Crippen molar-refractivity contribution in [1.29, 1.82) is 0 Å². The van der Waals surface area contributed by atoms with Gasteiger partial charge in [0.1, 0.15) is 6.61 Å². The Morgan fingerprint density at radius 1 is 1.77 bits per heavy atom. The van der Waals surface area contributed by atoms with E-state index in [1.54, 1.807) is 6.08 Å². The molecule has 0 unspecified atom stereocenters. The maximum atomic E-state index is 10.3. The second-order valence-electron chi connectivity index (χ2n) is 2.21. The fourth-order valence-electron chi connectivity index (χ4n) is 0.736. The third kappa shape index (κ3) is 2.55. The highest BCUT2D eigenvalue weighted by molar-refractivity contribution is 5.32. The van der Waals surface area contributed by atoms with E-state index in [9.17, 15) is 10.1 Å². The third-order valence-electron chi connectivity index (χ3n) is 1.28. The summed E-state index contributed by atoms with van der Waals surface area (Å²) in [6.07, 6.45) is 2.87. The minimum atomic E-state index is -0.498. The molecular formula is C8H8N2O3. The highest BCUT2D eigenvalue weighted by Gasteiger charge is 2.06. The first-order valence-corrected chi connectivity index (χ1v) is 3.58. The molecule has 1 aromatic heterocycles. The Morgan fingerprint density at radius 2 is 2.54 bits per heavy atom. The summed E-state index contributed by atoms with van der Waals surface area (Å²) in [6, 6.07) is 2.57. The van der Waals surface area contributed by atoms with Gasteiger partial charge in [0.2, 0.25) is 5.88 Å². The molecule has 0 radical (unpaired) electrons. The number of ether oxygens (including phenoxy) is 1. The van der Waals surface area contributed by atoms with E-state index in [4.69, 9.17) is 4.74 Å². The van der Waals surface area contributed by atoms with Crippen molar-refractivity contribution in [2.75, 3.05) is 6.61 Å². The van der Waals surface area contributed by atoms with Gasteiger partial charge in [-0.2, -0.15) is 0 Å². The van der Waals surface area contributed by atoms with Gasteiger partial charge in [-0.3, -0.25) is 10.1 Å². The minimum Gasteiger partial charge on any atom is -0.473 e. The van der Waals surface area contributed by atoms with Crippen molar-refractivity contribution >= 4 is 5.69 Å². The highest BCUT2D eigenvalue weighted by atomic mass is 16.6. The summed E-state index contributed by atoms with van der Waals surface area (Å²) in [5.41, 5.74) is -0.0333. The van der Waals surface area contributed by atoms with Crippen LogP contribution in [0.25, 0.3) is 0 Å². The van der Waals surface area contributed by atoms with E-state index in [1.807, 2.05) is 0 Å². The van der Waals surface area contributed by atoms with Crippen LogP contribution in [0.15, 0.2) is 31.0 Å². The molecule has 13 heavy (non-hydrogen) atoms. The molecule has 0 aromatic carbocycles. The smallest absolute Gasteiger partial charge is 0.276 e. The lowest BCUT2D eigenvalue weighted by molar-refractivity contribution is -0.385. The zero-order chi connectivity index (χ0) is 9.68. The van der Waals surface area contributed by atoms with Crippen LogP contribution in [-0.4, -0.2) is 16.5 Å². The topological polar surface area (TPSA) is 65.3 Å². The lowest BCUT2D eigenvalue weighted by atomic mass is 10.4. The zero-order valence-corrected chi connectivity index (χ0v) is 6.84. The Balaban J connectivity index is 2.79. The molecule has 1 aromatic rings. The van der Waals surface area contributed by atoms with Crippen LogP contribution in [0.4, 0.5) is 5.69 Å². The monoisotopic (exact) mass is 180 g/mol. The van der Waals surface area contributed by atoms with Crippen LogP contribution in [0.2, 0.25) is 0 Å². The van der Waals surface area contributed by atoms with Crippen molar-refractivity contribution in [3.05, 3.63) is 41.1 Å². The van der Waals surface area contributed by atoms with Crippen molar-refractivity contribution in [1.82, 2.24) is 4.98 Å². The SMILES string of the molecule is C=CCOc1cc([N+](=O)[O-])ccn1. The Kier molecular flexibility index (Phi) is 2.97. The molecule has 0 fully saturated rings. The van der Waals surface area contributed by atoms with E-state index in [2.05, 4.69) is 11.6 Å². The standard InChI is InChI=1S/C8H8N2O3/c1-2-5-13-8-6-7(10(11)12)3-4-9-8/h2-4,6H,1,5H2. The van der Waals surface area contributed by atoms with Crippen molar-refractivity contribution < 1.29 is 9.66 Å². The summed E-state index contributed by atoms with van der Waals surface area (Å²) in [5.74, 6) is 0.231. The van der Waals surface area contributed by atoms with Crippen molar-refractivity contribution in [2.45, 2.75) is 0 Å². The average molecular weight is 180 g/mol. The van der Waals surface area contributed by atoms with E-state index in [0.717, 1.165) is 0 Å². The highest BCUT2D eigenvalue weighted by Crippen LogP contribution is 2.15. The van der Waals surface area contributed by atoms with Gasteiger partial charge in [0.05, 0.1) is 11.0 Å². The summed E-state index contributed by atoms with van der Waals surface area (Å²) in [6.45, 7) is 3.73.